The number of rotatable bonds is 2. The molecule has 1 aliphatic rings. The molecule has 0 radical (unpaired) electrons. The van der Waals surface area contributed by atoms with Gasteiger partial charge >= 0.3 is 0 Å². The third-order valence-electron chi connectivity index (χ3n) is 2.98. The van der Waals surface area contributed by atoms with Gasteiger partial charge in [-0.3, -0.25) is 0 Å². The summed E-state index contributed by atoms with van der Waals surface area (Å²) in [6.07, 6.45) is 2.17. The highest BCUT2D eigenvalue weighted by Gasteiger charge is 2.49. The lowest BCUT2D eigenvalue weighted by molar-refractivity contribution is 0.779. The smallest absolute Gasteiger partial charge is 0.203 e. The van der Waals surface area contributed by atoms with Crippen LogP contribution in [0.4, 0.5) is 0 Å². The van der Waals surface area contributed by atoms with Crippen molar-refractivity contribution in [3.63, 3.8) is 0 Å². The summed E-state index contributed by atoms with van der Waals surface area (Å²) in [6, 6.07) is 7.91. The molecule has 0 spiro atoms. The standard InChI is InChI=1S/C11H8Cl2N2S/c12-8-3-1-7(2-4-8)11(5-6-11)9-14-10(13)16-15-9/h1-4H,5-6H2. The molecule has 0 aliphatic heterocycles. The van der Waals surface area contributed by atoms with Gasteiger partial charge in [0.1, 0.15) is 0 Å². The Balaban J connectivity index is 2.03. The average molecular weight is 271 g/mol. The van der Waals surface area contributed by atoms with Crippen LogP contribution in [0.5, 0.6) is 0 Å². The maximum Gasteiger partial charge on any atom is 0.203 e. The number of benzene rings is 1. The van der Waals surface area contributed by atoms with Crippen molar-refractivity contribution < 1.29 is 0 Å². The van der Waals surface area contributed by atoms with E-state index in [2.05, 4.69) is 9.36 Å². The second kappa shape index (κ2) is 3.69. The Morgan fingerprint density at radius 1 is 1.12 bits per heavy atom. The van der Waals surface area contributed by atoms with Crippen LogP contribution in [-0.2, 0) is 5.41 Å². The van der Waals surface area contributed by atoms with Gasteiger partial charge in [0.2, 0.25) is 4.47 Å². The highest BCUT2D eigenvalue weighted by molar-refractivity contribution is 7.10. The molecule has 16 heavy (non-hydrogen) atoms. The molecular weight excluding hydrogens is 263 g/mol. The van der Waals surface area contributed by atoms with E-state index in [1.165, 1.54) is 17.1 Å². The summed E-state index contributed by atoms with van der Waals surface area (Å²) in [4.78, 5) is 4.28. The van der Waals surface area contributed by atoms with Crippen LogP contribution in [0.1, 0.15) is 24.2 Å². The van der Waals surface area contributed by atoms with E-state index in [9.17, 15) is 0 Å². The first-order valence-electron chi connectivity index (χ1n) is 4.96. The van der Waals surface area contributed by atoms with Gasteiger partial charge in [0.05, 0.1) is 5.41 Å². The van der Waals surface area contributed by atoms with Crippen molar-refractivity contribution in [1.29, 1.82) is 0 Å². The van der Waals surface area contributed by atoms with Crippen LogP contribution in [0.25, 0.3) is 0 Å². The summed E-state index contributed by atoms with van der Waals surface area (Å²) in [7, 11) is 0. The van der Waals surface area contributed by atoms with Crippen molar-refractivity contribution >= 4 is 34.7 Å². The Hall–Kier alpha value is -0.640. The number of hydrogen-bond acceptors (Lipinski definition) is 3. The first-order valence-corrected chi connectivity index (χ1v) is 6.49. The zero-order chi connectivity index (χ0) is 11.2. The Labute approximate surface area is 107 Å². The van der Waals surface area contributed by atoms with Crippen LogP contribution >= 0.6 is 34.7 Å². The minimum atomic E-state index is -0.00573. The van der Waals surface area contributed by atoms with Gasteiger partial charge in [0.15, 0.2) is 5.82 Å². The zero-order valence-corrected chi connectivity index (χ0v) is 10.6. The van der Waals surface area contributed by atoms with Crippen molar-refractivity contribution in [3.05, 3.63) is 45.1 Å². The molecule has 0 atom stereocenters. The van der Waals surface area contributed by atoms with Gasteiger partial charge in [0, 0.05) is 5.02 Å². The average Bonchev–Trinajstić information content (AvgIpc) is 2.97. The Kier molecular flexibility index (Phi) is 2.42. The number of hydrogen-bond donors (Lipinski definition) is 0. The third-order valence-corrected chi connectivity index (χ3v) is 4.03. The zero-order valence-electron chi connectivity index (χ0n) is 8.28. The lowest BCUT2D eigenvalue weighted by atomic mass is 9.95. The molecule has 82 valence electrons. The van der Waals surface area contributed by atoms with E-state index in [0.29, 0.717) is 4.47 Å². The van der Waals surface area contributed by atoms with Gasteiger partial charge in [0.25, 0.3) is 0 Å². The van der Waals surface area contributed by atoms with E-state index >= 15 is 0 Å². The summed E-state index contributed by atoms with van der Waals surface area (Å²) in [5.41, 5.74) is 1.22. The van der Waals surface area contributed by atoms with Gasteiger partial charge in [-0.05, 0) is 53.7 Å². The van der Waals surface area contributed by atoms with Crippen molar-refractivity contribution in [3.8, 4) is 0 Å². The minimum absolute atomic E-state index is 0.00573. The second-order valence-electron chi connectivity index (χ2n) is 3.96. The molecule has 1 aromatic heterocycles. The molecule has 0 N–H and O–H groups in total. The molecule has 0 bridgehead atoms. The lowest BCUT2D eigenvalue weighted by Gasteiger charge is -2.11. The van der Waals surface area contributed by atoms with Crippen LogP contribution < -0.4 is 0 Å². The second-order valence-corrected chi connectivity index (χ2v) is 5.73. The molecular formula is C11H8Cl2N2S. The normalized spacial score (nSPS) is 17.4. The third kappa shape index (κ3) is 1.63. The van der Waals surface area contributed by atoms with Gasteiger partial charge in [-0.1, -0.05) is 23.7 Å². The van der Waals surface area contributed by atoms with E-state index in [1.807, 2.05) is 24.3 Å². The molecule has 5 heteroatoms. The molecule has 3 rings (SSSR count). The van der Waals surface area contributed by atoms with E-state index in [-0.39, 0.29) is 5.41 Å². The van der Waals surface area contributed by atoms with Crippen molar-refractivity contribution in [1.82, 2.24) is 9.36 Å². The van der Waals surface area contributed by atoms with Crippen molar-refractivity contribution in [2.75, 3.05) is 0 Å². The first kappa shape index (κ1) is 10.5. The lowest BCUT2D eigenvalue weighted by Crippen LogP contribution is -2.10. The molecule has 0 saturated heterocycles. The fourth-order valence-electron chi connectivity index (χ4n) is 1.93. The Bertz CT molecular complexity index is 517. The molecule has 1 heterocycles. The fraction of sp³-hybridized carbons (Fsp3) is 0.273. The molecule has 0 amide bonds. The van der Waals surface area contributed by atoms with Crippen LogP contribution in [0, 0.1) is 0 Å². The highest BCUT2D eigenvalue weighted by Crippen LogP contribution is 2.52. The van der Waals surface area contributed by atoms with Gasteiger partial charge < -0.3 is 0 Å². The maximum absolute atomic E-state index is 5.88. The first-order chi connectivity index (χ1) is 7.71. The SMILES string of the molecule is Clc1ccc(C2(c3nsc(Cl)n3)CC2)cc1. The number of halogens is 2. The van der Waals surface area contributed by atoms with Crippen molar-refractivity contribution in [2.45, 2.75) is 18.3 Å². The number of nitrogens with zero attached hydrogens (tertiary/aromatic N) is 2. The van der Waals surface area contributed by atoms with E-state index in [0.717, 1.165) is 23.7 Å². The molecule has 0 unspecified atom stereocenters. The molecule has 2 aromatic rings. The molecule has 1 saturated carbocycles. The predicted octanol–water partition coefficient (Wildman–Crippen LogP) is 3.92. The van der Waals surface area contributed by atoms with Gasteiger partial charge in [-0.25, -0.2) is 4.98 Å². The quantitative estimate of drug-likeness (QED) is 0.827. The Morgan fingerprint density at radius 3 is 2.31 bits per heavy atom. The van der Waals surface area contributed by atoms with E-state index in [1.54, 1.807) is 0 Å². The van der Waals surface area contributed by atoms with Crippen molar-refractivity contribution in [2.24, 2.45) is 0 Å². The number of aromatic nitrogens is 2. The summed E-state index contributed by atoms with van der Waals surface area (Å²) in [5.74, 6) is 0.852. The van der Waals surface area contributed by atoms with Crippen LogP contribution in [0.2, 0.25) is 9.49 Å². The molecule has 1 fully saturated rings. The molecule has 1 aliphatic carbocycles. The summed E-state index contributed by atoms with van der Waals surface area (Å²) in [5, 5.41) is 0.754. The minimum Gasteiger partial charge on any atom is -0.207 e. The summed E-state index contributed by atoms with van der Waals surface area (Å²) in [6.45, 7) is 0. The largest absolute Gasteiger partial charge is 0.207 e. The van der Waals surface area contributed by atoms with Crippen LogP contribution in [0.15, 0.2) is 24.3 Å². The summed E-state index contributed by atoms with van der Waals surface area (Å²) >= 11 is 13.0. The summed E-state index contributed by atoms with van der Waals surface area (Å²) < 4.78 is 4.82. The monoisotopic (exact) mass is 270 g/mol. The fourth-order valence-corrected chi connectivity index (χ4v) is 2.75. The molecule has 1 aromatic carbocycles. The van der Waals surface area contributed by atoms with E-state index < -0.39 is 0 Å². The highest BCUT2D eigenvalue weighted by atomic mass is 35.5. The predicted molar refractivity (Wildman–Crippen MR) is 66.4 cm³/mol. The van der Waals surface area contributed by atoms with Crippen LogP contribution in [0.3, 0.4) is 0 Å². The van der Waals surface area contributed by atoms with Gasteiger partial charge in [-0.2, -0.15) is 4.37 Å². The molecule has 2 nitrogen and oxygen atoms in total. The topological polar surface area (TPSA) is 25.8 Å². The van der Waals surface area contributed by atoms with Crippen LogP contribution in [-0.4, -0.2) is 9.36 Å². The van der Waals surface area contributed by atoms with Gasteiger partial charge in [-0.15, -0.1) is 0 Å². The Morgan fingerprint density at radius 2 is 1.81 bits per heavy atom. The van der Waals surface area contributed by atoms with E-state index in [4.69, 9.17) is 23.2 Å². The maximum atomic E-state index is 5.88.